The van der Waals surface area contributed by atoms with Crippen molar-refractivity contribution in [3.8, 4) is 16.6 Å². The summed E-state index contributed by atoms with van der Waals surface area (Å²) in [5, 5.41) is 16.4. The zero-order valence-corrected chi connectivity index (χ0v) is 13.8. The van der Waals surface area contributed by atoms with Gasteiger partial charge in [-0.25, -0.2) is 9.97 Å². The van der Waals surface area contributed by atoms with Crippen molar-refractivity contribution in [2.24, 2.45) is 5.10 Å². The van der Waals surface area contributed by atoms with Gasteiger partial charge in [-0.05, 0) is 19.1 Å². The van der Waals surface area contributed by atoms with Gasteiger partial charge in [0.15, 0.2) is 15.9 Å². The molecule has 0 atom stereocenters. The summed E-state index contributed by atoms with van der Waals surface area (Å²) in [4.78, 5) is 9.58. The van der Waals surface area contributed by atoms with Gasteiger partial charge in [0.1, 0.15) is 6.07 Å². The first-order chi connectivity index (χ1) is 11.2. The van der Waals surface area contributed by atoms with Crippen LogP contribution in [0.2, 0.25) is 0 Å². The minimum absolute atomic E-state index is 0.236. The van der Waals surface area contributed by atoms with E-state index in [1.807, 2.05) is 42.6 Å². The highest BCUT2D eigenvalue weighted by Crippen LogP contribution is 2.32. The third-order valence-corrected chi connectivity index (χ3v) is 4.79. The average Bonchev–Trinajstić information content (AvgIpc) is 3.15. The number of nitrogens with zero attached hydrogens (tertiary/aromatic N) is 4. The second kappa shape index (κ2) is 6.56. The fraction of sp³-hybridized carbons (Fsp3) is 0.0667. The molecular formula is C15H12N6S2. The molecule has 0 bridgehead atoms. The number of anilines is 2. The van der Waals surface area contributed by atoms with E-state index in [-0.39, 0.29) is 5.71 Å². The number of benzene rings is 1. The Kier molecular flexibility index (Phi) is 4.32. The van der Waals surface area contributed by atoms with Gasteiger partial charge in [0.05, 0.1) is 22.0 Å². The van der Waals surface area contributed by atoms with Gasteiger partial charge in [-0.15, -0.1) is 11.3 Å². The molecule has 0 unspecified atom stereocenters. The van der Waals surface area contributed by atoms with Crippen molar-refractivity contribution in [2.45, 2.75) is 6.92 Å². The van der Waals surface area contributed by atoms with E-state index in [0.717, 1.165) is 22.0 Å². The van der Waals surface area contributed by atoms with Crippen molar-refractivity contribution >= 4 is 39.2 Å². The number of hydrogen-bond donors (Lipinski definition) is 2. The van der Waals surface area contributed by atoms with Gasteiger partial charge in [-0.1, -0.05) is 29.5 Å². The Bertz CT molecular complexity index is 888. The molecule has 0 spiro atoms. The van der Waals surface area contributed by atoms with Crippen LogP contribution in [0.3, 0.4) is 0 Å². The maximum atomic E-state index is 9.31. The average molecular weight is 340 g/mol. The van der Waals surface area contributed by atoms with Gasteiger partial charge in [-0.2, -0.15) is 10.4 Å². The third kappa shape index (κ3) is 3.36. The van der Waals surface area contributed by atoms with Crippen LogP contribution in [0, 0.1) is 18.3 Å². The van der Waals surface area contributed by atoms with Gasteiger partial charge in [0.2, 0.25) is 0 Å². The van der Waals surface area contributed by atoms with E-state index >= 15 is 0 Å². The van der Waals surface area contributed by atoms with Gasteiger partial charge < -0.3 is 5.73 Å². The molecule has 1 aromatic carbocycles. The highest BCUT2D eigenvalue weighted by Gasteiger charge is 2.14. The van der Waals surface area contributed by atoms with Crippen LogP contribution in [0.15, 0.2) is 40.8 Å². The van der Waals surface area contributed by atoms with Crippen LogP contribution in [0.25, 0.3) is 10.6 Å². The van der Waals surface area contributed by atoms with E-state index < -0.39 is 0 Å². The number of nitrogens with two attached hydrogens (primary N) is 1. The van der Waals surface area contributed by atoms with Crippen molar-refractivity contribution < 1.29 is 0 Å². The molecule has 0 saturated carbocycles. The molecule has 0 aliphatic carbocycles. The molecule has 2 heterocycles. The smallest absolute Gasteiger partial charge is 0.196 e. The molecule has 0 fully saturated rings. The molecule has 3 aromatic rings. The predicted molar refractivity (Wildman–Crippen MR) is 94.6 cm³/mol. The molecule has 0 amide bonds. The number of aromatic nitrogens is 2. The fourth-order valence-corrected chi connectivity index (χ4v) is 3.51. The molecule has 6 nitrogen and oxygen atoms in total. The number of hydrazone groups is 1. The molecule has 3 rings (SSSR count). The van der Waals surface area contributed by atoms with E-state index in [4.69, 9.17) is 5.73 Å². The standard InChI is InChI=1S/C15H12N6S2/c1-9-13(23-15(17)18-9)12-8-22-14(19-12)11(7-16)21-20-10-5-3-2-4-6-10/h2-6,8,20H,1H3,(H2,17,18). The van der Waals surface area contributed by atoms with Gasteiger partial charge >= 0.3 is 0 Å². The first kappa shape index (κ1) is 15.1. The third-order valence-electron chi connectivity index (χ3n) is 2.93. The van der Waals surface area contributed by atoms with E-state index in [0.29, 0.717) is 10.1 Å². The number of para-hydroxylation sites is 1. The molecule has 114 valence electrons. The number of rotatable bonds is 4. The van der Waals surface area contributed by atoms with Crippen molar-refractivity contribution in [1.82, 2.24) is 9.97 Å². The molecular weight excluding hydrogens is 328 g/mol. The number of nitrogens with one attached hydrogen (secondary N) is 1. The van der Waals surface area contributed by atoms with Gasteiger partial charge in [0, 0.05) is 5.38 Å². The van der Waals surface area contributed by atoms with Crippen molar-refractivity contribution in [3.63, 3.8) is 0 Å². The summed E-state index contributed by atoms with van der Waals surface area (Å²) in [6.45, 7) is 1.89. The van der Waals surface area contributed by atoms with Crippen LogP contribution >= 0.6 is 22.7 Å². The van der Waals surface area contributed by atoms with Crippen LogP contribution < -0.4 is 11.2 Å². The number of hydrogen-bond acceptors (Lipinski definition) is 8. The first-order valence-electron chi connectivity index (χ1n) is 6.65. The van der Waals surface area contributed by atoms with Crippen LogP contribution in [-0.4, -0.2) is 15.7 Å². The minimum Gasteiger partial charge on any atom is -0.375 e. The second-order valence-electron chi connectivity index (χ2n) is 4.55. The molecule has 2 aromatic heterocycles. The highest BCUT2D eigenvalue weighted by atomic mass is 32.1. The molecule has 3 N–H and O–H groups in total. The number of nitriles is 1. The Hall–Kier alpha value is -2.76. The summed E-state index contributed by atoms with van der Waals surface area (Å²) in [5.74, 6) is 0. The normalized spacial score (nSPS) is 11.2. The number of aryl methyl sites for hydroxylation is 1. The van der Waals surface area contributed by atoms with Gasteiger partial charge in [0.25, 0.3) is 0 Å². The minimum atomic E-state index is 0.236. The Morgan fingerprint density at radius 2 is 2.09 bits per heavy atom. The van der Waals surface area contributed by atoms with Gasteiger partial charge in [-0.3, -0.25) is 5.43 Å². The summed E-state index contributed by atoms with van der Waals surface area (Å²) in [6.07, 6.45) is 0. The molecule has 0 saturated heterocycles. The molecule has 0 aliphatic heterocycles. The first-order valence-corrected chi connectivity index (χ1v) is 8.35. The van der Waals surface area contributed by atoms with Crippen LogP contribution in [0.4, 0.5) is 10.8 Å². The van der Waals surface area contributed by atoms with E-state index in [2.05, 4.69) is 26.6 Å². The predicted octanol–water partition coefficient (Wildman–Crippen LogP) is 3.50. The van der Waals surface area contributed by atoms with Crippen LogP contribution in [0.5, 0.6) is 0 Å². The monoisotopic (exact) mass is 340 g/mol. The molecule has 8 heteroatoms. The summed E-state index contributed by atoms with van der Waals surface area (Å²) in [7, 11) is 0. The van der Waals surface area contributed by atoms with Crippen LogP contribution in [-0.2, 0) is 0 Å². The SMILES string of the molecule is Cc1nc(N)sc1-c1csc(C(C#N)=NNc2ccccc2)n1. The maximum Gasteiger partial charge on any atom is 0.196 e. The number of nitrogen functional groups attached to an aromatic ring is 1. The Morgan fingerprint density at radius 3 is 2.74 bits per heavy atom. The van der Waals surface area contributed by atoms with E-state index in [1.165, 1.54) is 22.7 Å². The lowest BCUT2D eigenvalue weighted by Crippen LogP contribution is -2.01. The van der Waals surface area contributed by atoms with Crippen molar-refractivity contribution in [3.05, 3.63) is 46.4 Å². The zero-order chi connectivity index (χ0) is 16.2. The van der Waals surface area contributed by atoms with E-state index in [9.17, 15) is 5.26 Å². The van der Waals surface area contributed by atoms with Crippen LogP contribution in [0.1, 0.15) is 10.7 Å². The lowest BCUT2D eigenvalue weighted by atomic mass is 10.3. The summed E-state index contributed by atoms with van der Waals surface area (Å²) < 4.78 is 0. The lowest BCUT2D eigenvalue weighted by Gasteiger charge is -1.99. The summed E-state index contributed by atoms with van der Waals surface area (Å²) >= 11 is 2.75. The Balaban J connectivity index is 1.86. The Labute approximate surface area is 141 Å². The van der Waals surface area contributed by atoms with Crippen molar-refractivity contribution in [1.29, 1.82) is 5.26 Å². The highest BCUT2D eigenvalue weighted by molar-refractivity contribution is 7.19. The summed E-state index contributed by atoms with van der Waals surface area (Å²) in [6, 6.07) is 11.5. The number of thiazole rings is 2. The molecule has 23 heavy (non-hydrogen) atoms. The lowest BCUT2D eigenvalue weighted by molar-refractivity contribution is 1.26. The fourth-order valence-electron chi connectivity index (χ4n) is 1.90. The van der Waals surface area contributed by atoms with E-state index in [1.54, 1.807) is 0 Å². The van der Waals surface area contributed by atoms with Crippen molar-refractivity contribution in [2.75, 3.05) is 11.2 Å². The Morgan fingerprint density at radius 1 is 1.30 bits per heavy atom. The topological polar surface area (TPSA) is 100.0 Å². The molecule has 0 aliphatic rings. The second-order valence-corrected chi connectivity index (χ2v) is 6.44. The summed E-state index contributed by atoms with van der Waals surface area (Å²) in [5.41, 5.74) is 11.2. The maximum absolute atomic E-state index is 9.31. The zero-order valence-electron chi connectivity index (χ0n) is 12.1. The largest absolute Gasteiger partial charge is 0.375 e. The molecule has 0 radical (unpaired) electrons. The quantitative estimate of drug-likeness (QED) is 0.559.